The van der Waals surface area contributed by atoms with Gasteiger partial charge in [-0.3, -0.25) is 4.79 Å². The number of likely N-dealkylation sites (tertiary alicyclic amines) is 1. The number of rotatable bonds is 10. The number of carbonyl (C=O) groups is 2. The first-order valence-corrected chi connectivity index (χ1v) is 17.4. The number of fused-ring (bicyclic) bond motifs is 2. The molecule has 50 heavy (non-hydrogen) atoms. The van der Waals surface area contributed by atoms with Crippen LogP contribution in [0.15, 0.2) is 91.1 Å². The number of nitrogens with one attached hydrogen (secondary N) is 2. The molecule has 0 aliphatic carbocycles. The van der Waals surface area contributed by atoms with E-state index in [-0.39, 0.29) is 11.9 Å². The van der Waals surface area contributed by atoms with Gasteiger partial charge in [-0.2, -0.15) is 4.98 Å². The van der Waals surface area contributed by atoms with Crippen LogP contribution in [0.2, 0.25) is 0 Å². The van der Waals surface area contributed by atoms with Gasteiger partial charge in [0.25, 0.3) is 0 Å². The van der Waals surface area contributed by atoms with E-state index in [2.05, 4.69) is 45.7 Å². The summed E-state index contributed by atoms with van der Waals surface area (Å²) in [6.45, 7) is 4.72. The predicted octanol–water partition coefficient (Wildman–Crippen LogP) is 6.01. The molecule has 2 N–H and O–H groups in total. The molecule has 0 unspecified atom stereocenters. The molecule has 0 spiro atoms. The van der Waals surface area contributed by atoms with E-state index >= 15 is 0 Å². The molecule has 3 aliphatic heterocycles. The first-order chi connectivity index (χ1) is 24.3. The summed E-state index contributed by atoms with van der Waals surface area (Å²) in [6, 6.07) is 24.0. The number of aromatic nitrogens is 2. The fraction of sp³-hybridized carbons (Fsp3) is 0.333. The number of piperidine rings is 1. The van der Waals surface area contributed by atoms with Crippen LogP contribution in [0, 0.1) is 0 Å². The second-order valence-corrected chi connectivity index (χ2v) is 13.6. The number of nitrogens with zero attached hydrogens (tertiary/aromatic N) is 7. The predicted molar refractivity (Wildman–Crippen MR) is 199 cm³/mol. The van der Waals surface area contributed by atoms with Crippen molar-refractivity contribution in [1.82, 2.24) is 24.7 Å². The number of hydrogen-bond acceptors (Lipinski definition) is 8. The van der Waals surface area contributed by atoms with Gasteiger partial charge in [0.05, 0.1) is 12.2 Å². The molecule has 7 rings (SSSR count). The first-order valence-electron chi connectivity index (χ1n) is 17.4. The molecule has 11 nitrogen and oxygen atoms in total. The molecule has 3 aliphatic rings. The number of benzene rings is 3. The molecule has 0 saturated carbocycles. The minimum atomic E-state index is -0.237. The van der Waals surface area contributed by atoms with Gasteiger partial charge in [-0.25, -0.2) is 14.7 Å². The van der Waals surface area contributed by atoms with Crippen LogP contribution >= 0.6 is 0 Å². The molecular formula is C39H45N9O2. The van der Waals surface area contributed by atoms with Crippen molar-refractivity contribution in [2.45, 2.75) is 38.4 Å². The zero-order valence-electron chi connectivity index (χ0n) is 29.0. The molecule has 4 aromatic rings. The number of carbonyl (C=O) groups excluding carboxylic acids is 2. The van der Waals surface area contributed by atoms with Crippen molar-refractivity contribution in [3.05, 3.63) is 108 Å². The lowest BCUT2D eigenvalue weighted by atomic mass is 10.0. The van der Waals surface area contributed by atoms with E-state index in [1.807, 2.05) is 85.9 Å². The van der Waals surface area contributed by atoms with Crippen molar-refractivity contribution >= 4 is 46.5 Å². The number of amides is 3. The first kappa shape index (κ1) is 33.2. The minimum Gasteiger partial charge on any atom is -0.368 e. The Morgan fingerprint density at radius 1 is 1.00 bits per heavy atom. The smallest absolute Gasteiger partial charge is 0.330 e. The van der Waals surface area contributed by atoms with Gasteiger partial charge in [0.1, 0.15) is 0 Å². The summed E-state index contributed by atoms with van der Waals surface area (Å²) in [5.74, 6) is 0.713. The Hall–Kier alpha value is -5.26. The fourth-order valence-corrected chi connectivity index (χ4v) is 7.09. The largest absolute Gasteiger partial charge is 0.368 e. The number of anilines is 6. The highest BCUT2D eigenvalue weighted by atomic mass is 16.2. The van der Waals surface area contributed by atoms with Gasteiger partial charge in [0.15, 0.2) is 5.82 Å². The van der Waals surface area contributed by atoms with Gasteiger partial charge in [0.2, 0.25) is 11.9 Å². The zero-order chi connectivity index (χ0) is 34.6. The van der Waals surface area contributed by atoms with Crippen molar-refractivity contribution < 1.29 is 9.59 Å². The third-order valence-corrected chi connectivity index (χ3v) is 9.64. The Morgan fingerprint density at radius 3 is 2.60 bits per heavy atom. The molecule has 1 saturated heterocycles. The van der Waals surface area contributed by atoms with E-state index in [4.69, 9.17) is 9.97 Å². The molecule has 0 atom stereocenters. The maximum absolute atomic E-state index is 14.3. The highest BCUT2D eigenvalue weighted by Crippen LogP contribution is 2.39. The molecule has 258 valence electrons. The van der Waals surface area contributed by atoms with Crippen LogP contribution in [0.25, 0.3) is 0 Å². The van der Waals surface area contributed by atoms with E-state index < -0.39 is 0 Å². The molecule has 0 bridgehead atoms. The number of urea groups is 1. The van der Waals surface area contributed by atoms with Crippen molar-refractivity contribution in [3.63, 3.8) is 0 Å². The van der Waals surface area contributed by atoms with E-state index in [1.165, 1.54) is 30.2 Å². The number of hydrogen-bond donors (Lipinski definition) is 2. The van der Waals surface area contributed by atoms with Gasteiger partial charge in [-0.15, -0.1) is 0 Å². The average molecular weight is 672 g/mol. The molecule has 4 heterocycles. The molecule has 1 fully saturated rings. The van der Waals surface area contributed by atoms with Crippen molar-refractivity contribution in [3.8, 4) is 0 Å². The van der Waals surface area contributed by atoms with E-state index in [1.54, 1.807) is 9.80 Å². The molecule has 0 radical (unpaired) electrons. The quantitative estimate of drug-likeness (QED) is 0.198. The summed E-state index contributed by atoms with van der Waals surface area (Å²) in [5, 5.41) is 6.45. The summed E-state index contributed by atoms with van der Waals surface area (Å²) in [5.41, 5.74) is 6.59. The van der Waals surface area contributed by atoms with E-state index in [0.717, 1.165) is 42.9 Å². The Morgan fingerprint density at radius 2 is 1.80 bits per heavy atom. The lowest BCUT2D eigenvalue weighted by molar-refractivity contribution is -0.111. The number of likely N-dealkylation sites (N-methyl/N-ethyl adjacent to an activating group) is 1. The van der Waals surface area contributed by atoms with E-state index in [0.29, 0.717) is 48.8 Å². The minimum absolute atomic E-state index is 0.199. The SMILES string of the molecule is CN(C)C/C=C/C(=O)Nc1cccc(N2C(=O)N(Cc3ccccc3)Cc3cnc(Nc4cccc5c4CCN5C4CCN(C)CC4)nc32)c1. The van der Waals surface area contributed by atoms with Gasteiger partial charge in [-0.1, -0.05) is 48.5 Å². The highest BCUT2D eigenvalue weighted by molar-refractivity contribution is 6.03. The summed E-state index contributed by atoms with van der Waals surface area (Å²) in [7, 11) is 6.09. The fourth-order valence-electron chi connectivity index (χ4n) is 7.09. The molecule has 3 amide bonds. The van der Waals surface area contributed by atoms with Crippen molar-refractivity contribution in [2.75, 3.05) is 67.8 Å². The van der Waals surface area contributed by atoms with Gasteiger partial charge >= 0.3 is 6.03 Å². The van der Waals surface area contributed by atoms with Crippen LogP contribution in [-0.4, -0.2) is 90.0 Å². The summed E-state index contributed by atoms with van der Waals surface area (Å²) >= 11 is 0. The average Bonchev–Trinajstić information content (AvgIpc) is 3.55. The Kier molecular flexibility index (Phi) is 9.77. The van der Waals surface area contributed by atoms with Crippen LogP contribution in [0.4, 0.5) is 39.3 Å². The van der Waals surface area contributed by atoms with Gasteiger partial charge in [0, 0.05) is 66.1 Å². The highest BCUT2D eigenvalue weighted by Gasteiger charge is 2.34. The molecular weight excluding hydrogens is 626 g/mol. The Labute approximate surface area is 294 Å². The molecule has 11 heteroatoms. The standard InChI is InChI=1S/C39H45N9O2/c1-44(2)20-9-16-36(49)41-30-12-7-13-32(24-30)48-37-29(27-46(39(48)50)26-28-10-5-4-6-11-28)25-40-38(43-37)42-34-14-8-15-35-33(34)19-23-47(35)31-17-21-45(3)22-18-31/h4-16,24-25,31H,17-23,26-27H2,1-3H3,(H,41,49)(H,40,42,43)/b16-9+. The van der Waals surface area contributed by atoms with Crippen LogP contribution in [0.1, 0.15) is 29.5 Å². The summed E-state index contributed by atoms with van der Waals surface area (Å²) in [4.78, 5) is 47.1. The lowest BCUT2D eigenvalue weighted by Crippen LogP contribution is -2.45. The second-order valence-electron chi connectivity index (χ2n) is 13.6. The summed E-state index contributed by atoms with van der Waals surface area (Å²) < 4.78 is 0. The zero-order valence-corrected chi connectivity index (χ0v) is 29.0. The van der Waals surface area contributed by atoms with Crippen LogP contribution in [0.3, 0.4) is 0 Å². The topological polar surface area (TPSA) is 100 Å². The van der Waals surface area contributed by atoms with Crippen LogP contribution in [0.5, 0.6) is 0 Å². The van der Waals surface area contributed by atoms with Crippen molar-refractivity contribution in [2.24, 2.45) is 0 Å². The normalized spacial score (nSPS) is 16.6. The molecule has 1 aromatic heterocycles. The van der Waals surface area contributed by atoms with Gasteiger partial charge < -0.3 is 30.2 Å². The van der Waals surface area contributed by atoms with Crippen LogP contribution in [-0.2, 0) is 24.3 Å². The van der Waals surface area contributed by atoms with E-state index in [9.17, 15) is 9.59 Å². The van der Waals surface area contributed by atoms with Gasteiger partial charge in [-0.05, 0) is 89.4 Å². The second kappa shape index (κ2) is 14.7. The third kappa shape index (κ3) is 7.34. The Balaban J connectivity index is 1.18. The lowest BCUT2D eigenvalue weighted by Gasteiger charge is -2.36. The van der Waals surface area contributed by atoms with Crippen molar-refractivity contribution in [1.29, 1.82) is 0 Å². The molecule has 3 aromatic carbocycles. The Bertz CT molecular complexity index is 1870. The third-order valence-electron chi connectivity index (χ3n) is 9.64. The maximum Gasteiger partial charge on any atom is 0.330 e. The summed E-state index contributed by atoms with van der Waals surface area (Å²) in [6.07, 6.45) is 8.45. The monoisotopic (exact) mass is 671 g/mol. The van der Waals surface area contributed by atoms with Crippen LogP contribution < -0.4 is 20.4 Å². The maximum atomic E-state index is 14.3.